The lowest BCUT2D eigenvalue weighted by Crippen LogP contribution is -2.21. The van der Waals surface area contributed by atoms with Gasteiger partial charge in [-0.05, 0) is 62.3 Å². The van der Waals surface area contributed by atoms with E-state index >= 15 is 0 Å². The topological polar surface area (TPSA) is 24.1 Å². The molecule has 94 valence electrons. The maximum absolute atomic E-state index is 13.6. The number of anilines is 1. The predicted octanol–water partition coefficient (Wildman–Crippen LogP) is 4.31. The van der Waals surface area contributed by atoms with Crippen molar-refractivity contribution in [3.8, 4) is 0 Å². The number of hydrazine groups is 1. The third kappa shape index (κ3) is 3.43. The van der Waals surface area contributed by atoms with Gasteiger partial charge in [0.2, 0.25) is 0 Å². The van der Waals surface area contributed by atoms with Crippen molar-refractivity contribution in [1.82, 2.24) is 5.43 Å². The number of hydrogen-bond acceptors (Lipinski definition) is 2. The highest BCUT2D eigenvalue weighted by Gasteiger charge is 2.08. The number of nitrogens with one attached hydrogen (secondary N) is 2. The van der Waals surface area contributed by atoms with Crippen LogP contribution in [0.15, 0.2) is 46.9 Å². The van der Waals surface area contributed by atoms with Crippen molar-refractivity contribution >= 4 is 44.2 Å². The average Bonchev–Trinajstić information content (AvgIpc) is 2.40. The monoisotopic (exact) mass is 420 g/mol. The van der Waals surface area contributed by atoms with Crippen LogP contribution in [-0.2, 0) is 6.54 Å². The molecule has 2 rings (SSSR count). The standard InChI is InChI=1S/C13H11BrFIN2/c14-12-9(6-7-11(16)13(12)15)8-17-18-10-4-2-1-3-5-10/h1-7,17-18H,8H2. The molecule has 0 aliphatic heterocycles. The summed E-state index contributed by atoms with van der Waals surface area (Å²) >= 11 is 5.24. The van der Waals surface area contributed by atoms with Gasteiger partial charge < -0.3 is 5.43 Å². The molecule has 2 nitrogen and oxygen atoms in total. The second-order valence-corrected chi connectivity index (χ2v) is 5.63. The molecule has 5 heteroatoms. The van der Waals surface area contributed by atoms with Crippen LogP contribution in [0.3, 0.4) is 0 Å². The Morgan fingerprint density at radius 3 is 2.56 bits per heavy atom. The van der Waals surface area contributed by atoms with Crippen LogP contribution >= 0.6 is 38.5 Å². The Morgan fingerprint density at radius 2 is 1.83 bits per heavy atom. The van der Waals surface area contributed by atoms with Crippen molar-refractivity contribution in [3.63, 3.8) is 0 Å². The molecule has 0 aliphatic carbocycles. The highest BCUT2D eigenvalue weighted by atomic mass is 127. The minimum absolute atomic E-state index is 0.213. The van der Waals surface area contributed by atoms with E-state index in [0.29, 0.717) is 14.6 Å². The first-order chi connectivity index (χ1) is 8.68. The molecule has 2 N–H and O–H groups in total. The SMILES string of the molecule is Fc1c(I)ccc(CNNc2ccccc2)c1Br. The Labute approximate surface area is 127 Å². The van der Waals surface area contributed by atoms with Crippen LogP contribution in [0, 0.1) is 9.39 Å². The van der Waals surface area contributed by atoms with Gasteiger partial charge in [-0.2, -0.15) is 0 Å². The summed E-state index contributed by atoms with van der Waals surface area (Å²) in [6.45, 7) is 0.531. The molecule has 0 unspecified atom stereocenters. The summed E-state index contributed by atoms with van der Waals surface area (Å²) in [4.78, 5) is 0. The summed E-state index contributed by atoms with van der Waals surface area (Å²) in [7, 11) is 0. The van der Waals surface area contributed by atoms with Gasteiger partial charge in [-0.15, -0.1) is 0 Å². The number of halogens is 3. The molecule has 0 atom stereocenters. The van der Waals surface area contributed by atoms with Gasteiger partial charge in [-0.1, -0.05) is 24.3 Å². The van der Waals surface area contributed by atoms with E-state index in [2.05, 4.69) is 26.8 Å². The van der Waals surface area contributed by atoms with Gasteiger partial charge in [-0.3, -0.25) is 0 Å². The van der Waals surface area contributed by atoms with Crippen LogP contribution < -0.4 is 10.9 Å². The Kier molecular flexibility index (Phi) is 4.96. The summed E-state index contributed by atoms with van der Waals surface area (Å²) in [6.07, 6.45) is 0. The van der Waals surface area contributed by atoms with Crippen LogP contribution in [0.1, 0.15) is 5.56 Å². The van der Waals surface area contributed by atoms with Gasteiger partial charge in [0.1, 0.15) is 0 Å². The minimum Gasteiger partial charge on any atom is -0.321 e. The molecule has 0 saturated carbocycles. The molecule has 0 saturated heterocycles. The smallest absolute Gasteiger partial charge is 0.151 e. The van der Waals surface area contributed by atoms with Crippen molar-refractivity contribution in [2.75, 3.05) is 5.43 Å². The molecule has 0 aliphatic rings. The van der Waals surface area contributed by atoms with Gasteiger partial charge >= 0.3 is 0 Å². The fraction of sp³-hybridized carbons (Fsp3) is 0.0769. The molecular formula is C13H11BrFIN2. The Bertz CT molecular complexity index is 534. The predicted molar refractivity (Wildman–Crippen MR) is 83.7 cm³/mol. The molecule has 18 heavy (non-hydrogen) atoms. The molecular weight excluding hydrogens is 410 g/mol. The number of hydrogen-bond donors (Lipinski definition) is 2. The Morgan fingerprint density at radius 1 is 1.11 bits per heavy atom. The summed E-state index contributed by atoms with van der Waals surface area (Å²) in [5.74, 6) is -0.213. The first kappa shape index (κ1) is 13.8. The van der Waals surface area contributed by atoms with E-state index in [1.165, 1.54) is 0 Å². The Hall–Kier alpha value is -0.660. The quantitative estimate of drug-likeness (QED) is 0.437. The fourth-order valence-electron chi connectivity index (χ4n) is 1.47. The van der Waals surface area contributed by atoms with Crippen molar-refractivity contribution in [2.24, 2.45) is 0 Å². The van der Waals surface area contributed by atoms with Crippen LogP contribution in [0.2, 0.25) is 0 Å². The van der Waals surface area contributed by atoms with Crippen molar-refractivity contribution < 1.29 is 4.39 Å². The van der Waals surface area contributed by atoms with E-state index in [9.17, 15) is 4.39 Å². The molecule has 0 heterocycles. The maximum Gasteiger partial charge on any atom is 0.151 e. The third-order valence-corrected chi connectivity index (χ3v) is 4.09. The maximum atomic E-state index is 13.6. The molecule has 0 aromatic heterocycles. The number of benzene rings is 2. The zero-order valence-corrected chi connectivity index (χ0v) is 13.1. The summed E-state index contributed by atoms with van der Waals surface area (Å²) in [5, 5.41) is 0. The molecule has 0 fully saturated rings. The summed E-state index contributed by atoms with van der Waals surface area (Å²) in [6, 6.07) is 13.4. The summed E-state index contributed by atoms with van der Waals surface area (Å²) in [5.41, 5.74) is 7.96. The molecule has 2 aromatic rings. The van der Waals surface area contributed by atoms with Gasteiger partial charge in [0.05, 0.1) is 4.47 Å². The van der Waals surface area contributed by atoms with Crippen molar-refractivity contribution in [3.05, 3.63) is 61.9 Å². The van der Waals surface area contributed by atoms with E-state index in [1.807, 2.05) is 59.0 Å². The first-order valence-corrected chi connectivity index (χ1v) is 7.22. The lowest BCUT2D eigenvalue weighted by Gasteiger charge is -2.10. The van der Waals surface area contributed by atoms with E-state index in [4.69, 9.17) is 0 Å². The number of rotatable bonds is 4. The van der Waals surface area contributed by atoms with Crippen LogP contribution in [0.4, 0.5) is 10.1 Å². The Balaban J connectivity index is 1.97. The number of para-hydroxylation sites is 1. The molecule has 2 aromatic carbocycles. The van der Waals surface area contributed by atoms with Gasteiger partial charge in [0.25, 0.3) is 0 Å². The van der Waals surface area contributed by atoms with Crippen molar-refractivity contribution in [2.45, 2.75) is 6.54 Å². The molecule has 0 spiro atoms. The minimum atomic E-state index is -0.213. The zero-order chi connectivity index (χ0) is 13.0. The van der Waals surface area contributed by atoms with Crippen LogP contribution in [0.5, 0.6) is 0 Å². The van der Waals surface area contributed by atoms with E-state index in [1.54, 1.807) is 6.07 Å². The van der Waals surface area contributed by atoms with Crippen LogP contribution in [-0.4, -0.2) is 0 Å². The second-order valence-electron chi connectivity index (χ2n) is 3.68. The molecule has 0 amide bonds. The van der Waals surface area contributed by atoms with Crippen molar-refractivity contribution in [1.29, 1.82) is 0 Å². The fourth-order valence-corrected chi connectivity index (χ4v) is 2.77. The van der Waals surface area contributed by atoms with E-state index < -0.39 is 0 Å². The van der Waals surface area contributed by atoms with Gasteiger partial charge in [0, 0.05) is 15.8 Å². The average molecular weight is 421 g/mol. The van der Waals surface area contributed by atoms with E-state index in [0.717, 1.165) is 11.3 Å². The molecule has 0 bridgehead atoms. The first-order valence-electron chi connectivity index (χ1n) is 5.35. The zero-order valence-electron chi connectivity index (χ0n) is 9.38. The largest absolute Gasteiger partial charge is 0.321 e. The lowest BCUT2D eigenvalue weighted by molar-refractivity contribution is 0.608. The third-order valence-electron chi connectivity index (χ3n) is 2.40. The second kappa shape index (κ2) is 6.49. The normalized spacial score (nSPS) is 10.4. The van der Waals surface area contributed by atoms with Crippen LogP contribution in [0.25, 0.3) is 0 Å². The van der Waals surface area contributed by atoms with E-state index in [-0.39, 0.29) is 5.82 Å². The van der Waals surface area contributed by atoms with Gasteiger partial charge in [0.15, 0.2) is 5.82 Å². The molecule has 0 radical (unpaired) electrons. The highest BCUT2D eigenvalue weighted by molar-refractivity contribution is 14.1. The van der Waals surface area contributed by atoms with Gasteiger partial charge in [-0.25, -0.2) is 9.82 Å². The summed E-state index contributed by atoms with van der Waals surface area (Å²) < 4.78 is 14.8. The lowest BCUT2D eigenvalue weighted by atomic mass is 10.2. The highest BCUT2D eigenvalue weighted by Crippen LogP contribution is 2.24.